The van der Waals surface area contributed by atoms with Crippen LogP contribution in [-0.2, 0) is 9.53 Å². The van der Waals surface area contributed by atoms with E-state index in [1.165, 1.54) is 19.3 Å². The molecule has 4 heteroatoms. The molecule has 3 atom stereocenters. The van der Waals surface area contributed by atoms with E-state index in [4.69, 9.17) is 16.3 Å². The standard InChI is InChI=1S/C17H28O4/c1-2-3-4-5-6-7-8-9-10-16-12-14(17(20)21-16)11-15(19)13-18/h1,14-16,18-19H,3-13H2/t14-,15?,16-/m0/s1. The van der Waals surface area contributed by atoms with Gasteiger partial charge in [-0.15, -0.1) is 12.3 Å². The van der Waals surface area contributed by atoms with Gasteiger partial charge in [0.15, 0.2) is 0 Å². The van der Waals surface area contributed by atoms with Crippen LogP contribution in [0.15, 0.2) is 0 Å². The van der Waals surface area contributed by atoms with Gasteiger partial charge in [-0.3, -0.25) is 4.79 Å². The van der Waals surface area contributed by atoms with Crippen LogP contribution in [0.2, 0.25) is 0 Å². The third-order valence-corrected chi connectivity index (χ3v) is 4.03. The lowest BCUT2D eigenvalue weighted by molar-refractivity contribution is -0.145. The highest BCUT2D eigenvalue weighted by Crippen LogP contribution is 2.28. The SMILES string of the molecule is C#CCCCCCCCC[C@H]1C[C@H](CC(O)CO)C(=O)O1. The van der Waals surface area contributed by atoms with Gasteiger partial charge in [0.25, 0.3) is 0 Å². The Morgan fingerprint density at radius 1 is 1.24 bits per heavy atom. The molecule has 0 aromatic rings. The highest BCUT2D eigenvalue weighted by Gasteiger charge is 2.34. The molecule has 2 N–H and O–H groups in total. The van der Waals surface area contributed by atoms with Crippen LogP contribution in [0.5, 0.6) is 0 Å². The van der Waals surface area contributed by atoms with Gasteiger partial charge in [-0.2, -0.15) is 0 Å². The van der Waals surface area contributed by atoms with E-state index in [0.717, 1.165) is 32.1 Å². The van der Waals surface area contributed by atoms with Gasteiger partial charge in [-0.25, -0.2) is 0 Å². The summed E-state index contributed by atoms with van der Waals surface area (Å²) in [6, 6.07) is 0. The number of aliphatic hydroxyl groups excluding tert-OH is 2. The van der Waals surface area contributed by atoms with Crippen molar-refractivity contribution in [2.45, 2.75) is 76.4 Å². The van der Waals surface area contributed by atoms with Crippen molar-refractivity contribution in [2.24, 2.45) is 5.92 Å². The van der Waals surface area contributed by atoms with Gasteiger partial charge >= 0.3 is 5.97 Å². The van der Waals surface area contributed by atoms with E-state index in [1.54, 1.807) is 0 Å². The molecule has 0 aromatic heterocycles. The molecule has 0 aromatic carbocycles. The number of aliphatic hydroxyl groups is 2. The normalized spacial score (nSPS) is 22.8. The van der Waals surface area contributed by atoms with Crippen LogP contribution in [0.25, 0.3) is 0 Å². The minimum atomic E-state index is -0.815. The number of carbonyl (C=O) groups is 1. The van der Waals surface area contributed by atoms with E-state index in [0.29, 0.717) is 12.8 Å². The van der Waals surface area contributed by atoms with E-state index >= 15 is 0 Å². The largest absolute Gasteiger partial charge is 0.462 e. The summed E-state index contributed by atoms with van der Waals surface area (Å²) in [5, 5.41) is 18.2. The fourth-order valence-electron chi connectivity index (χ4n) is 2.80. The van der Waals surface area contributed by atoms with Crippen LogP contribution in [0, 0.1) is 18.3 Å². The van der Waals surface area contributed by atoms with Crippen molar-refractivity contribution in [1.29, 1.82) is 0 Å². The number of esters is 1. The number of carbonyl (C=O) groups excluding carboxylic acids is 1. The Morgan fingerprint density at radius 3 is 2.57 bits per heavy atom. The molecule has 0 spiro atoms. The van der Waals surface area contributed by atoms with Crippen molar-refractivity contribution in [3.63, 3.8) is 0 Å². The number of cyclic esters (lactones) is 1. The third-order valence-electron chi connectivity index (χ3n) is 4.03. The first-order valence-corrected chi connectivity index (χ1v) is 8.10. The van der Waals surface area contributed by atoms with Crippen molar-refractivity contribution >= 4 is 5.97 Å². The molecule has 21 heavy (non-hydrogen) atoms. The molecule has 0 saturated carbocycles. The molecule has 120 valence electrons. The average Bonchev–Trinajstić information content (AvgIpc) is 2.82. The first-order chi connectivity index (χ1) is 10.2. The van der Waals surface area contributed by atoms with Crippen LogP contribution in [0.4, 0.5) is 0 Å². The Morgan fingerprint density at radius 2 is 1.90 bits per heavy atom. The summed E-state index contributed by atoms with van der Waals surface area (Å²) in [6.45, 7) is -0.297. The number of hydrogen-bond acceptors (Lipinski definition) is 4. The maximum Gasteiger partial charge on any atom is 0.309 e. The Hall–Kier alpha value is -1.05. The van der Waals surface area contributed by atoms with Gasteiger partial charge in [-0.1, -0.05) is 25.7 Å². The van der Waals surface area contributed by atoms with Crippen molar-refractivity contribution in [3.05, 3.63) is 0 Å². The lowest BCUT2D eigenvalue weighted by Gasteiger charge is -2.10. The van der Waals surface area contributed by atoms with E-state index in [-0.39, 0.29) is 24.6 Å². The number of unbranched alkanes of at least 4 members (excludes halogenated alkanes) is 6. The van der Waals surface area contributed by atoms with Crippen molar-refractivity contribution in [1.82, 2.24) is 0 Å². The van der Waals surface area contributed by atoms with Crippen molar-refractivity contribution < 1.29 is 19.7 Å². The predicted octanol–water partition coefficient (Wildman–Crippen LogP) is 2.42. The molecule has 1 fully saturated rings. The summed E-state index contributed by atoms with van der Waals surface area (Å²) >= 11 is 0. The van der Waals surface area contributed by atoms with E-state index < -0.39 is 6.10 Å². The quantitative estimate of drug-likeness (QED) is 0.349. The molecule has 1 heterocycles. The summed E-state index contributed by atoms with van der Waals surface area (Å²) in [6.07, 6.45) is 14.1. The predicted molar refractivity (Wildman–Crippen MR) is 81.5 cm³/mol. The van der Waals surface area contributed by atoms with Crippen molar-refractivity contribution in [3.8, 4) is 12.3 Å². The van der Waals surface area contributed by atoms with Crippen LogP contribution in [-0.4, -0.2) is 35.0 Å². The number of rotatable bonds is 11. The topological polar surface area (TPSA) is 66.8 Å². The first-order valence-electron chi connectivity index (χ1n) is 8.10. The molecular weight excluding hydrogens is 268 g/mol. The number of terminal acetylenes is 1. The fraction of sp³-hybridized carbons (Fsp3) is 0.824. The molecule has 1 aliphatic heterocycles. The van der Waals surface area contributed by atoms with Crippen LogP contribution in [0.1, 0.15) is 64.2 Å². The average molecular weight is 296 g/mol. The summed E-state index contributed by atoms with van der Waals surface area (Å²) in [5.74, 6) is 2.18. The van der Waals surface area contributed by atoms with Gasteiger partial charge in [-0.05, 0) is 32.1 Å². The minimum Gasteiger partial charge on any atom is -0.462 e. The molecule has 0 amide bonds. The van der Waals surface area contributed by atoms with E-state index in [9.17, 15) is 9.90 Å². The van der Waals surface area contributed by atoms with E-state index in [1.807, 2.05) is 0 Å². The maximum absolute atomic E-state index is 11.6. The van der Waals surface area contributed by atoms with Gasteiger partial charge in [0, 0.05) is 6.42 Å². The van der Waals surface area contributed by atoms with Crippen LogP contribution < -0.4 is 0 Å². The Kier molecular flexibility index (Phi) is 9.12. The van der Waals surface area contributed by atoms with Gasteiger partial charge in [0.1, 0.15) is 6.10 Å². The zero-order valence-corrected chi connectivity index (χ0v) is 12.8. The maximum atomic E-state index is 11.6. The molecule has 1 rings (SSSR count). The monoisotopic (exact) mass is 296 g/mol. The zero-order valence-electron chi connectivity index (χ0n) is 12.8. The number of ether oxygens (including phenoxy) is 1. The van der Waals surface area contributed by atoms with E-state index in [2.05, 4.69) is 5.92 Å². The van der Waals surface area contributed by atoms with Gasteiger partial charge < -0.3 is 14.9 Å². The Labute approximate surface area is 127 Å². The molecule has 0 radical (unpaired) electrons. The smallest absolute Gasteiger partial charge is 0.309 e. The summed E-state index contributed by atoms with van der Waals surface area (Å²) < 4.78 is 5.33. The summed E-state index contributed by atoms with van der Waals surface area (Å²) in [4.78, 5) is 11.6. The molecule has 0 bridgehead atoms. The fourth-order valence-corrected chi connectivity index (χ4v) is 2.80. The zero-order chi connectivity index (χ0) is 15.5. The first kappa shape index (κ1) is 18.0. The van der Waals surface area contributed by atoms with Gasteiger partial charge in [0.05, 0.1) is 18.6 Å². The molecule has 0 aliphatic carbocycles. The van der Waals surface area contributed by atoms with Crippen molar-refractivity contribution in [2.75, 3.05) is 6.61 Å². The highest BCUT2D eigenvalue weighted by atomic mass is 16.5. The second-order valence-corrected chi connectivity index (χ2v) is 5.93. The third kappa shape index (κ3) is 7.50. The summed E-state index contributed by atoms with van der Waals surface area (Å²) in [5.41, 5.74) is 0. The molecule has 4 nitrogen and oxygen atoms in total. The van der Waals surface area contributed by atoms with Crippen LogP contribution in [0.3, 0.4) is 0 Å². The molecule has 1 aliphatic rings. The second-order valence-electron chi connectivity index (χ2n) is 5.93. The highest BCUT2D eigenvalue weighted by molar-refractivity contribution is 5.74. The minimum absolute atomic E-state index is 0.00478. The van der Waals surface area contributed by atoms with Crippen LogP contribution >= 0.6 is 0 Å². The summed E-state index contributed by atoms with van der Waals surface area (Å²) in [7, 11) is 0. The Bertz CT molecular complexity index is 334. The van der Waals surface area contributed by atoms with Gasteiger partial charge in [0.2, 0.25) is 0 Å². The lowest BCUT2D eigenvalue weighted by atomic mass is 9.96. The Balaban J connectivity index is 2.04. The molecule has 1 unspecified atom stereocenters. The molecule has 1 saturated heterocycles. The molecular formula is C17H28O4. The lowest BCUT2D eigenvalue weighted by Crippen LogP contribution is -2.20. The second kappa shape index (κ2) is 10.6. The number of hydrogen-bond donors (Lipinski definition) is 2.